The molecule has 1 aromatic carbocycles. The van der Waals surface area contributed by atoms with Gasteiger partial charge in [0.1, 0.15) is 6.67 Å². The molecule has 0 fully saturated rings. The Balaban J connectivity index is 2.07. The minimum atomic E-state index is -0.272. The van der Waals surface area contributed by atoms with Gasteiger partial charge in [0.05, 0.1) is 0 Å². The standard InChI is InChI=1S/C11H16FN/c12-8-10-13-9-4-7-11-5-2-1-3-6-11/h1-3,5-6,13H,4,7-10H2. The molecule has 13 heavy (non-hydrogen) atoms. The van der Waals surface area contributed by atoms with E-state index in [0.29, 0.717) is 6.54 Å². The molecule has 0 radical (unpaired) electrons. The van der Waals surface area contributed by atoms with Gasteiger partial charge >= 0.3 is 0 Å². The van der Waals surface area contributed by atoms with E-state index in [0.717, 1.165) is 19.4 Å². The molecule has 0 saturated heterocycles. The molecule has 0 aromatic heterocycles. The average molecular weight is 181 g/mol. The zero-order valence-corrected chi connectivity index (χ0v) is 7.80. The van der Waals surface area contributed by atoms with E-state index < -0.39 is 0 Å². The van der Waals surface area contributed by atoms with Gasteiger partial charge in [-0.15, -0.1) is 0 Å². The first kappa shape index (κ1) is 10.2. The number of benzene rings is 1. The molecule has 0 saturated carbocycles. The van der Waals surface area contributed by atoms with Gasteiger partial charge in [-0.1, -0.05) is 30.3 Å². The second-order valence-electron chi connectivity index (χ2n) is 3.03. The van der Waals surface area contributed by atoms with Crippen LogP contribution in [0.15, 0.2) is 30.3 Å². The Morgan fingerprint density at radius 3 is 2.54 bits per heavy atom. The molecule has 0 heterocycles. The zero-order valence-electron chi connectivity index (χ0n) is 7.80. The van der Waals surface area contributed by atoms with E-state index in [-0.39, 0.29) is 6.67 Å². The van der Waals surface area contributed by atoms with Gasteiger partial charge in [-0.25, -0.2) is 4.39 Å². The van der Waals surface area contributed by atoms with Crippen LogP contribution >= 0.6 is 0 Å². The van der Waals surface area contributed by atoms with Crippen molar-refractivity contribution >= 4 is 0 Å². The maximum absolute atomic E-state index is 11.7. The Hall–Kier alpha value is -0.890. The van der Waals surface area contributed by atoms with E-state index in [1.807, 2.05) is 18.2 Å². The Bertz CT molecular complexity index is 211. The second kappa shape index (κ2) is 6.61. The molecule has 0 spiro atoms. The van der Waals surface area contributed by atoms with Crippen molar-refractivity contribution in [2.24, 2.45) is 0 Å². The molecule has 1 aromatic rings. The third kappa shape index (κ3) is 4.63. The highest BCUT2D eigenvalue weighted by Gasteiger charge is 1.91. The highest BCUT2D eigenvalue weighted by atomic mass is 19.1. The lowest BCUT2D eigenvalue weighted by molar-refractivity contribution is 0.465. The van der Waals surface area contributed by atoms with Crippen LogP contribution < -0.4 is 5.32 Å². The Labute approximate surface area is 79.0 Å². The monoisotopic (exact) mass is 181 g/mol. The summed E-state index contributed by atoms with van der Waals surface area (Å²) in [6.45, 7) is 1.11. The molecular weight excluding hydrogens is 165 g/mol. The van der Waals surface area contributed by atoms with Crippen molar-refractivity contribution in [2.45, 2.75) is 12.8 Å². The zero-order chi connectivity index (χ0) is 9.36. The number of nitrogens with one attached hydrogen (secondary N) is 1. The topological polar surface area (TPSA) is 12.0 Å². The van der Waals surface area contributed by atoms with Gasteiger partial charge < -0.3 is 5.32 Å². The molecule has 1 rings (SSSR count). The Morgan fingerprint density at radius 1 is 1.08 bits per heavy atom. The summed E-state index contributed by atoms with van der Waals surface area (Å²) in [6.07, 6.45) is 2.14. The maximum atomic E-state index is 11.7. The molecule has 0 aliphatic heterocycles. The Morgan fingerprint density at radius 2 is 1.85 bits per heavy atom. The van der Waals surface area contributed by atoms with Crippen LogP contribution in [0.2, 0.25) is 0 Å². The predicted molar refractivity (Wildman–Crippen MR) is 53.6 cm³/mol. The summed E-state index contributed by atoms with van der Waals surface area (Å²) in [7, 11) is 0. The summed E-state index contributed by atoms with van der Waals surface area (Å²) in [6, 6.07) is 10.4. The molecule has 0 aliphatic rings. The molecule has 0 amide bonds. The molecule has 0 aliphatic carbocycles. The van der Waals surface area contributed by atoms with Crippen LogP contribution in [-0.2, 0) is 6.42 Å². The predicted octanol–water partition coefficient (Wildman–Crippen LogP) is 2.18. The second-order valence-corrected chi connectivity index (χ2v) is 3.03. The van der Waals surface area contributed by atoms with Crippen LogP contribution in [0.4, 0.5) is 4.39 Å². The summed E-state index contributed by atoms with van der Waals surface area (Å²) < 4.78 is 11.7. The van der Waals surface area contributed by atoms with Crippen molar-refractivity contribution in [1.29, 1.82) is 0 Å². The van der Waals surface area contributed by atoms with Gasteiger partial charge in [0.25, 0.3) is 0 Å². The van der Waals surface area contributed by atoms with Gasteiger partial charge in [0.2, 0.25) is 0 Å². The maximum Gasteiger partial charge on any atom is 0.102 e. The highest BCUT2D eigenvalue weighted by Crippen LogP contribution is 2.01. The summed E-state index contributed by atoms with van der Waals surface area (Å²) >= 11 is 0. The minimum absolute atomic E-state index is 0.272. The van der Waals surface area contributed by atoms with Gasteiger partial charge in [0, 0.05) is 6.54 Å². The molecule has 0 bridgehead atoms. The summed E-state index contributed by atoms with van der Waals surface area (Å²) in [4.78, 5) is 0. The van der Waals surface area contributed by atoms with E-state index in [1.165, 1.54) is 5.56 Å². The van der Waals surface area contributed by atoms with E-state index in [9.17, 15) is 4.39 Å². The van der Waals surface area contributed by atoms with Crippen LogP contribution in [0.3, 0.4) is 0 Å². The van der Waals surface area contributed by atoms with Crippen molar-refractivity contribution in [3.8, 4) is 0 Å². The van der Waals surface area contributed by atoms with E-state index in [2.05, 4.69) is 17.4 Å². The fourth-order valence-electron chi connectivity index (χ4n) is 1.25. The SMILES string of the molecule is FCCNCCCc1ccccc1. The molecular formula is C11H16FN. The van der Waals surface area contributed by atoms with Crippen LogP contribution in [0.5, 0.6) is 0 Å². The van der Waals surface area contributed by atoms with Crippen molar-refractivity contribution in [3.63, 3.8) is 0 Å². The molecule has 0 unspecified atom stereocenters. The first-order valence-corrected chi connectivity index (χ1v) is 4.74. The third-order valence-electron chi connectivity index (χ3n) is 1.93. The van der Waals surface area contributed by atoms with Gasteiger partial charge in [-0.2, -0.15) is 0 Å². The van der Waals surface area contributed by atoms with Crippen LogP contribution in [0.25, 0.3) is 0 Å². The first-order valence-electron chi connectivity index (χ1n) is 4.74. The molecule has 0 atom stereocenters. The quantitative estimate of drug-likeness (QED) is 0.663. The van der Waals surface area contributed by atoms with Gasteiger partial charge in [-0.05, 0) is 24.9 Å². The van der Waals surface area contributed by atoms with Crippen molar-refractivity contribution in [1.82, 2.24) is 5.32 Å². The van der Waals surface area contributed by atoms with Crippen LogP contribution in [-0.4, -0.2) is 19.8 Å². The number of alkyl halides is 1. The molecule has 72 valence electrons. The minimum Gasteiger partial charge on any atom is -0.314 e. The van der Waals surface area contributed by atoms with Gasteiger partial charge in [-0.3, -0.25) is 0 Å². The number of hydrogen-bond donors (Lipinski definition) is 1. The number of hydrogen-bond acceptors (Lipinski definition) is 1. The van der Waals surface area contributed by atoms with Crippen molar-refractivity contribution in [3.05, 3.63) is 35.9 Å². The first-order chi connectivity index (χ1) is 6.43. The number of rotatable bonds is 6. The van der Waals surface area contributed by atoms with E-state index in [4.69, 9.17) is 0 Å². The van der Waals surface area contributed by atoms with Crippen molar-refractivity contribution in [2.75, 3.05) is 19.8 Å². The third-order valence-corrected chi connectivity index (χ3v) is 1.93. The summed E-state index contributed by atoms with van der Waals surface area (Å²) in [5, 5.41) is 3.03. The lowest BCUT2D eigenvalue weighted by atomic mass is 10.1. The van der Waals surface area contributed by atoms with Crippen molar-refractivity contribution < 1.29 is 4.39 Å². The molecule has 2 heteroatoms. The number of halogens is 1. The number of aryl methyl sites for hydroxylation is 1. The molecule has 1 N–H and O–H groups in total. The fraction of sp³-hybridized carbons (Fsp3) is 0.455. The van der Waals surface area contributed by atoms with Crippen LogP contribution in [0.1, 0.15) is 12.0 Å². The highest BCUT2D eigenvalue weighted by molar-refractivity contribution is 5.14. The van der Waals surface area contributed by atoms with E-state index >= 15 is 0 Å². The average Bonchev–Trinajstić information content (AvgIpc) is 2.19. The Kier molecular flexibility index (Phi) is 5.18. The fourth-order valence-corrected chi connectivity index (χ4v) is 1.25. The normalized spacial score (nSPS) is 10.2. The lowest BCUT2D eigenvalue weighted by Crippen LogP contribution is -2.18. The lowest BCUT2D eigenvalue weighted by Gasteiger charge is -2.01. The molecule has 1 nitrogen and oxygen atoms in total. The largest absolute Gasteiger partial charge is 0.314 e. The van der Waals surface area contributed by atoms with Crippen LogP contribution in [0, 0.1) is 0 Å². The van der Waals surface area contributed by atoms with Gasteiger partial charge in [0.15, 0.2) is 0 Å². The smallest absolute Gasteiger partial charge is 0.102 e. The summed E-state index contributed by atoms with van der Waals surface area (Å²) in [5.41, 5.74) is 1.35. The summed E-state index contributed by atoms with van der Waals surface area (Å²) in [5.74, 6) is 0. The van der Waals surface area contributed by atoms with E-state index in [1.54, 1.807) is 0 Å².